The molecule has 0 aromatic rings. The average molecular weight is 272 g/mol. The van der Waals surface area contributed by atoms with Crippen molar-refractivity contribution in [3.63, 3.8) is 0 Å². The first-order valence-corrected chi connectivity index (χ1v) is 7.69. The lowest BCUT2D eigenvalue weighted by atomic mass is 9.85. The molecule has 0 bridgehead atoms. The quantitative estimate of drug-likeness (QED) is 0.697. The fourth-order valence-corrected chi connectivity index (χ4v) is 2.80. The Kier molecular flexibility index (Phi) is 7.91. The highest BCUT2D eigenvalue weighted by Gasteiger charge is 2.18. The van der Waals surface area contributed by atoms with Crippen LogP contribution in [0.2, 0.25) is 0 Å². The first-order chi connectivity index (χ1) is 9.00. The molecule has 4 heteroatoms. The summed E-state index contributed by atoms with van der Waals surface area (Å²) in [4.78, 5) is 2.28. The van der Waals surface area contributed by atoms with Gasteiger partial charge in [0, 0.05) is 26.2 Å². The molecule has 0 amide bonds. The molecule has 1 fully saturated rings. The van der Waals surface area contributed by atoms with E-state index in [4.69, 9.17) is 4.74 Å². The van der Waals surface area contributed by atoms with Crippen molar-refractivity contribution in [3.05, 3.63) is 0 Å². The molecule has 114 valence electrons. The molecule has 1 rings (SSSR count). The van der Waals surface area contributed by atoms with E-state index in [0.29, 0.717) is 24.3 Å². The summed E-state index contributed by atoms with van der Waals surface area (Å²) in [6.45, 7) is 15.0. The van der Waals surface area contributed by atoms with E-state index < -0.39 is 0 Å². The molecule has 1 saturated heterocycles. The van der Waals surface area contributed by atoms with Crippen LogP contribution < -0.4 is 5.32 Å². The van der Waals surface area contributed by atoms with Crippen LogP contribution in [-0.2, 0) is 4.74 Å². The molecule has 19 heavy (non-hydrogen) atoms. The summed E-state index contributed by atoms with van der Waals surface area (Å²) in [6, 6.07) is 0. The highest BCUT2D eigenvalue weighted by atomic mass is 16.5. The van der Waals surface area contributed by atoms with Gasteiger partial charge >= 0.3 is 0 Å². The normalized spacial score (nSPS) is 19.6. The van der Waals surface area contributed by atoms with Gasteiger partial charge < -0.3 is 15.2 Å². The van der Waals surface area contributed by atoms with Crippen LogP contribution in [0.15, 0.2) is 0 Å². The number of hydrogen-bond donors (Lipinski definition) is 2. The molecule has 1 unspecified atom stereocenters. The van der Waals surface area contributed by atoms with Crippen molar-refractivity contribution in [3.8, 4) is 0 Å². The molecule has 0 spiro atoms. The van der Waals surface area contributed by atoms with Crippen molar-refractivity contribution in [1.82, 2.24) is 10.2 Å². The predicted octanol–water partition coefficient (Wildman–Crippen LogP) is 1.20. The maximum absolute atomic E-state index is 10.0. The number of ether oxygens (including phenoxy) is 1. The van der Waals surface area contributed by atoms with Gasteiger partial charge in [0.05, 0.1) is 19.3 Å². The van der Waals surface area contributed by atoms with Crippen LogP contribution in [0, 0.1) is 17.8 Å². The Bertz CT molecular complexity index is 220. The summed E-state index contributed by atoms with van der Waals surface area (Å²) in [5.41, 5.74) is 0. The van der Waals surface area contributed by atoms with Gasteiger partial charge in [-0.25, -0.2) is 0 Å². The molecule has 0 aromatic carbocycles. The Morgan fingerprint density at radius 3 is 2.16 bits per heavy atom. The van der Waals surface area contributed by atoms with Crippen molar-refractivity contribution >= 4 is 0 Å². The standard InChI is InChI=1S/C15H32N2O2/c1-12(2)15(13(3)4)10-16-9-14(18)11-17-5-7-19-8-6-17/h12-16,18H,5-11H2,1-4H3. The van der Waals surface area contributed by atoms with Crippen LogP contribution in [-0.4, -0.2) is 62.0 Å². The zero-order chi connectivity index (χ0) is 14.3. The first-order valence-electron chi connectivity index (χ1n) is 7.69. The molecule has 1 heterocycles. The molecule has 0 saturated carbocycles. The molecule has 0 aliphatic carbocycles. The van der Waals surface area contributed by atoms with Crippen LogP contribution in [0.3, 0.4) is 0 Å². The molecule has 0 radical (unpaired) electrons. The smallest absolute Gasteiger partial charge is 0.0791 e. The van der Waals surface area contributed by atoms with Gasteiger partial charge in [-0.15, -0.1) is 0 Å². The molecule has 1 atom stereocenters. The summed E-state index contributed by atoms with van der Waals surface area (Å²) in [5.74, 6) is 2.04. The second kappa shape index (κ2) is 8.90. The summed E-state index contributed by atoms with van der Waals surface area (Å²) in [5, 5.41) is 13.5. The van der Waals surface area contributed by atoms with Crippen LogP contribution >= 0.6 is 0 Å². The van der Waals surface area contributed by atoms with E-state index in [1.54, 1.807) is 0 Å². The Morgan fingerprint density at radius 1 is 1.05 bits per heavy atom. The number of hydrogen-bond acceptors (Lipinski definition) is 4. The molecule has 1 aliphatic rings. The Labute approximate surface area is 118 Å². The summed E-state index contributed by atoms with van der Waals surface area (Å²) in [6.07, 6.45) is -0.280. The molecular formula is C15H32N2O2. The number of nitrogens with one attached hydrogen (secondary N) is 1. The SMILES string of the molecule is CC(C)C(CNCC(O)CN1CCOCC1)C(C)C. The van der Waals surface area contributed by atoms with Crippen molar-refractivity contribution < 1.29 is 9.84 Å². The van der Waals surface area contributed by atoms with Crippen LogP contribution in [0.5, 0.6) is 0 Å². The lowest BCUT2D eigenvalue weighted by Crippen LogP contribution is -2.44. The minimum Gasteiger partial charge on any atom is -0.390 e. The Hall–Kier alpha value is -0.160. The van der Waals surface area contributed by atoms with E-state index in [9.17, 15) is 5.11 Å². The number of aliphatic hydroxyl groups excluding tert-OH is 1. The van der Waals surface area contributed by atoms with E-state index in [-0.39, 0.29) is 6.10 Å². The van der Waals surface area contributed by atoms with Crippen molar-refractivity contribution in [2.24, 2.45) is 17.8 Å². The monoisotopic (exact) mass is 272 g/mol. The number of nitrogens with zero attached hydrogens (tertiary/aromatic N) is 1. The van der Waals surface area contributed by atoms with Gasteiger partial charge in [-0.05, 0) is 24.3 Å². The number of aliphatic hydroxyl groups is 1. The summed E-state index contributed by atoms with van der Waals surface area (Å²) in [7, 11) is 0. The predicted molar refractivity (Wildman–Crippen MR) is 79.3 cm³/mol. The molecular weight excluding hydrogens is 240 g/mol. The second-order valence-corrected chi connectivity index (χ2v) is 6.38. The zero-order valence-electron chi connectivity index (χ0n) is 13.1. The van der Waals surface area contributed by atoms with Crippen molar-refractivity contribution in [1.29, 1.82) is 0 Å². The van der Waals surface area contributed by atoms with Crippen LogP contribution in [0.25, 0.3) is 0 Å². The summed E-state index contributed by atoms with van der Waals surface area (Å²) < 4.78 is 5.31. The molecule has 4 nitrogen and oxygen atoms in total. The fraction of sp³-hybridized carbons (Fsp3) is 1.00. The molecule has 0 aromatic heterocycles. The maximum Gasteiger partial charge on any atom is 0.0791 e. The van der Waals surface area contributed by atoms with Gasteiger partial charge in [0.1, 0.15) is 0 Å². The first kappa shape index (κ1) is 16.9. The third kappa shape index (κ3) is 6.70. The Balaban J connectivity index is 2.16. The topological polar surface area (TPSA) is 44.7 Å². The third-order valence-electron chi connectivity index (χ3n) is 4.05. The zero-order valence-corrected chi connectivity index (χ0v) is 13.1. The third-order valence-corrected chi connectivity index (χ3v) is 4.05. The second-order valence-electron chi connectivity index (χ2n) is 6.38. The van der Waals surface area contributed by atoms with Gasteiger partial charge in [-0.1, -0.05) is 27.7 Å². The van der Waals surface area contributed by atoms with Crippen molar-refractivity contribution in [2.45, 2.75) is 33.8 Å². The van der Waals surface area contributed by atoms with Gasteiger partial charge in [-0.3, -0.25) is 4.90 Å². The number of rotatable bonds is 8. The van der Waals surface area contributed by atoms with E-state index in [1.807, 2.05) is 0 Å². The Morgan fingerprint density at radius 2 is 1.63 bits per heavy atom. The van der Waals surface area contributed by atoms with E-state index in [2.05, 4.69) is 37.9 Å². The van der Waals surface area contributed by atoms with Crippen molar-refractivity contribution in [2.75, 3.05) is 45.9 Å². The van der Waals surface area contributed by atoms with E-state index in [0.717, 1.165) is 39.4 Å². The number of β-amino-alcohol motifs (C(OH)–C–C–N with tert-alkyl or cyclic N) is 1. The van der Waals surface area contributed by atoms with Crippen LogP contribution in [0.1, 0.15) is 27.7 Å². The van der Waals surface area contributed by atoms with Gasteiger partial charge in [-0.2, -0.15) is 0 Å². The summed E-state index contributed by atoms with van der Waals surface area (Å²) >= 11 is 0. The minimum atomic E-state index is -0.280. The minimum absolute atomic E-state index is 0.280. The van der Waals surface area contributed by atoms with E-state index >= 15 is 0 Å². The van der Waals surface area contributed by atoms with Gasteiger partial charge in [0.25, 0.3) is 0 Å². The molecule has 1 aliphatic heterocycles. The largest absolute Gasteiger partial charge is 0.390 e. The highest BCUT2D eigenvalue weighted by Crippen LogP contribution is 2.19. The van der Waals surface area contributed by atoms with Gasteiger partial charge in [0.15, 0.2) is 0 Å². The highest BCUT2D eigenvalue weighted by molar-refractivity contribution is 4.73. The average Bonchev–Trinajstić information content (AvgIpc) is 2.34. The lowest BCUT2D eigenvalue weighted by Gasteiger charge is -2.29. The lowest BCUT2D eigenvalue weighted by molar-refractivity contribution is 0.0146. The fourth-order valence-electron chi connectivity index (χ4n) is 2.80. The van der Waals surface area contributed by atoms with Crippen LogP contribution in [0.4, 0.5) is 0 Å². The maximum atomic E-state index is 10.0. The van der Waals surface area contributed by atoms with E-state index in [1.165, 1.54) is 0 Å². The molecule has 2 N–H and O–H groups in total. The number of morpholine rings is 1. The van der Waals surface area contributed by atoms with Gasteiger partial charge in [0.2, 0.25) is 0 Å².